The van der Waals surface area contributed by atoms with Crippen molar-refractivity contribution in [3.05, 3.63) is 53.1 Å². The highest BCUT2D eigenvalue weighted by Crippen LogP contribution is 2.22. The van der Waals surface area contributed by atoms with Gasteiger partial charge in [0.15, 0.2) is 10.8 Å². The number of hydrogen-bond acceptors (Lipinski definition) is 8. The van der Waals surface area contributed by atoms with Crippen LogP contribution in [0.2, 0.25) is 5.15 Å². The largest absolute Gasteiger partial charge is 0.475 e. The second-order valence-electron chi connectivity index (χ2n) is 7.68. The Morgan fingerprint density at radius 1 is 1.21 bits per heavy atom. The number of amides is 1. The molecule has 3 rings (SSSR count). The van der Waals surface area contributed by atoms with Crippen molar-refractivity contribution >= 4 is 35.0 Å². The van der Waals surface area contributed by atoms with Crippen LogP contribution in [0.25, 0.3) is 5.78 Å². The van der Waals surface area contributed by atoms with Crippen LogP contribution in [0.15, 0.2) is 36.5 Å². The van der Waals surface area contributed by atoms with Crippen molar-refractivity contribution in [1.29, 1.82) is 0 Å². The molecule has 0 unspecified atom stereocenters. The molecule has 1 aliphatic heterocycles. The van der Waals surface area contributed by atoms with Gasteiger partial charge in [-0.2, -0.15) is 14.6 Å². The number of nitrogens with zero attached hydrogens (tertiary/aromatic N) is 7. The lowest BCUT2D eigenvalue weighted by Gasteiger charge is -2.44. The van der Waals surface area contributed by atoms with Gasteiger partial charge in [-0.25, -0.2) is 4.79 Å². The normalized spacial score (nSPS) is 19.9. The van der Waals surface area contributed by atoms with Crippen LogP contribution in [0.4, 0.5) is 0 Å². The van der Waals surface area contributed by atoms with Crippen molar-refractivity contribution in [1.82, 2.24) is 34.6 Å². The number of carboxylic acids is 1. The van der Waals surface area contributed by atoms with E-state index in [1.165, 1.54) is 0 Å². The molecule has 0 bridgehead atoms. The van der Waals surface area contributed by atoms with Crippen molar-refractivity contribution in [3.63, 3.8) is 0 Å². The summed E-state index contributed by atoms with van der Waals surface area (Å²) < 4.78 is 0.823. The van der Waals surface area contributed by atoms with Gasteiger partial charge in [0.25, 0.3) is 11.7 Å². The highest BCUT2D eigenvalue weighted by Gasteiger charge is 2.35. The number of Topliss-reactive ketones (excluding diaryl/α,β-unsaturated/α-hetero) is 1. The Hall–Kier alpha value is -3.44. The predicted molar refractivity (Wildman–Crippen MR) is 120 cm³/mol. The number of fused-ring (bicyclic) bond motifs is 1. The summed E-state index contributed by atoms with van der Waals surface area (Å²) in [6.45, 7) is 11.4. The second-order valence-corrected chi connectivity index (χ2v) is 8.04. The molecule has 1 amide bonds. The Balaban J connectivity index is 1.87. The van der Waals surface area contributed by atoms with E-state index in [1.807, 2.05) is 39.0 Å². The van der Waals surface area contributed by atoms with Crippen LogP contribution >= 0.6 is 11.6 Å². The molecule has 0 saturated carbocycles. The summed E-state index contributed by atoms with van der Waals surface area (Å²) in [5.41, 5.74) is 0.894. The molecule has 0 aliphatic carbocycles. The van der Waals surface area contributed by atoms with Gasteiger partial charge in [0.2, 0.25) is 5.82 Å². The van der Waals surface area contributed by atoms with E-state index in [0.29, 0.717) is 19.6 Å². The number of carbonyl (C=O) groups is 3. The molecule has 1 saturated heterocycles. The van der Waals surface area contributed by atoms with E-state index in [-0.39, 0.29) is 28.7 Å². The lowest BCUT2D eigenvalue weighted by atomic mass is 10.1. The maximum atomic E-state index is 13.3. The quantitative estimate of drug-likeness (QED) is 0.362. The first-order valence-electron chi connectivity index (χ1n) is 10.2. The first-order valence-corrected chi connectivity index (χ1v) is 10.6. The number of piperazine rings is 1. The highest BCUT2D eigenvalue weighted by atomic mass is 35.5. The van der Waals surface area contributed by atoms with E-state index in [9.17, 15) is 14.4 Å². The van der Waals surface area contributed by atoms with Gasteiger partial charge in [-0.05, 0) is 26.3 Å². The van der Waals surface area contributed by atoms with Gasteiger partial charge >= 0.3 is 11.8 Å². The van der Waals surface area contributed by atoms with Gasteiger partial charge in [-0.15, -0.1) is 10.2 Å². The zero-order valence-corrected chi connectivity index (χ0v) is 19.2. The summed E-state index contributed by atoms with van der Waals surface area (Å²) in [6, 6.07) is -0.128. The molecule has 2 aromatic rings. The average molecular weight is 474 g/mol. The topological polar surface area (TPSA) is 134 Å². The molecule has 1 fully saturated rings. The van der Waals surface area contributed by atoms with Crippen molar-refractivity contribution in [2.24, 2.45) is 0 Å². The third-order valence-electron chi connectivity index (χ3n) is 5.29. The fourth-order valence-corrected chi connectivity index (χ4v) is 3.88. The molecule has 174 valence electrons. The molecule has 33 heavy (non-hydrogen) atoms. The van der Waals surface area contributed by atoms with Gasteiger partial charge in [0, 0.05) is 31.7 Å². The summed E-state index contributed by atoms with van der Waals surface area (Å²) in [7, 11) is 0. The number of halogens is 1. The number of hydrogen-bond donors (Lipinski definition) is 1. The van der Waals surface area contributed by atoms with Crippen molar-refractivity contribution in [3.8, 4) is 0 Å². The summed E-state index contributed by atoms with van der Waals surface area (Å²) in [5, 5.41) is 20.0. The molecule has 1 aliphatic rings. The number of aromatic nitrogens is 5. The van der Waals surface area contributed by atoms with Gasteiger partial charge in [0.05, 0.1) is 0 Å². The molecule has 2 aromatic heterocycles. The van der Waals surface area contributed by atoms with Gasteiger partial charge < -0.3 is 10.0 Å². The average Bonchev–Trinajstić information content (AvgIpc) is 3.17. The zero-order chi connectivity index (χ0) is 24.3. The lowest BCUT2D eigenvalue weighted by Crippen LogP contribution is -2.58. The Morgan fingerprint density at radius 3 is 2.58 bits per heavy atom. The van der Waals surface area contributed by atoms with Crippen molar-refractivity contribution < 1.29 is 19.5 Å². The van der Waals surface area contributed by atoms with Crippen molar-refractivity contribution in [2.45, 2.75) is 32.9 Å². The van der Waals surface area contributed by atoms with Crippen LogP contribution in [0, 0.1) is 0 Å². The summed E-state index contributed by atoms with van der Waals surface area (Å²) in [4.78, 5) is 44.1. The smallest absolute Gasteiger partial charge is 0.380 e. The fourth-order valence-electron chi connectivity index (χ4n) is 3.68. The van der Waals surface area contributed by atoms with Crippen LogP contribution in [0.3, 0.4) is 0 Å². The Labute approximate surface area is 195 Å². The van der Waals surface area contributed by atoms with Gasteiger partial charge in [0.1, 0.15) is 0 Å². The van der Waals surface area contributed by atoms with Crippen LogP contribution in [0.5, 0.6) is 0 Å². The van der Waals surface area contributed by atoms with Crippen LogP contribution in [-0.2, 0) is 4.79 Å². The number of aliphatic carboxylic acids is 1. The molecule has 1 N–H and O–H groups in total. The molecule has 0 spiro atoms. The Kier molecular flexibility index (Phi) is 7.34. The lowest BCUT2D eigenvalue weighted by molar-refractivity contribution is -0.131. The molecular weight excluding hydrogens is 450 g/mol. The summed E-state index contributed by atoms with van der Waals surface area (Å²) in [6.07, 6.45) is 7.69. The summed E-state index contributed by atoms with van der Waals surface area (Å²) >= 11 is 6.18. The molecule has 0 radical (unpaired) electrons. The SMILES string of the molecule is C=C/C=C(\C=C/C)CN1C[C@@H](C)N(C(=O)c2nn3c(C(=O)C(=O)O)nnc3nc2Cl)C[C@@H]1C. The number of carboxylic acid groups (broad SMARTS) is 1. The summed E-state index contributed by atoms with van der Waals surface area (Å²) in [5.74, 6) is -4.27. The van der Waals surface area contributed by atoms with Crippen LogP contribution < -0.4 is 0 Å². The molecule has 3 heterocycles. The van der Waals surface area contributed by atoms with E-state index in [1.54, 1.807) is 11.0 Å². The van der Waals surface area contributed by atoms with E-state index in [0.717, 1.165) is 10.1 Å². The Morgan fingerprint density at radius 2 is 1.94 bits per heavy atom. The Bertz CT molecular complexity index is 1170. The number of rotatable bonds is 7. The van der Waals surface area contributed by atoms with Gasteiger partial charge in [-0.1, -0.05) is 42.5 Å². The fraction of sp³-hybridized carbons (Fsp3) is 0.381. The van der Waals surface area contributed by atoms with Crippen LogP contribution in [0.1, 0.15) is 41.9 Å². The first-order chi connectivity index (χ1) is 15.7. The predicted octanol–water partition coefficient (Wildman–Crippen LogP) is 1.66. The first kappa shape index (κ1) is 24.2. The highest BCUT2D eigenvalue weighted by molar-refractivity contribution is 6.38. The maximum Gasteiger partial charge on any atom is 0.380 e. The minimum Gasteiger partial charge on any atom is -0.475 e. The maximum absolute atomic E-state index is 13.3. The molecular formula is C21H24ClN7O4. The molecule has 11 nitrogen and oxygen atoms in total. The minimum absolute atomic E-state index is 0.0400. The molecule has 2 atom stereocenters. The number of ketones is 1. The van der Waals surface area contributed by atoms with Gasteiger partial charge in [-0.3, -0.25) is 14.5 Å². The third-order valence-corrected chi connectivity index (χ3v) is 5.56. The number of carbonyl (C=O) groups excluding carboxylic acids is 2. The minimum atomic E-state index is -1.73. The number of allylic oxidation sites excluding steroid dienone is 3. The standard InChI is InChI=1S/C21H24ClN7O4/c1-5-7-14(8-6-2)11-27-9-13(4)28(10-12(27)3)19(31)15-17(22)23-21-25-24-18(29(21)26-15)16(30)20(32)33/h5-8,12-13H,1,9-11H2,2-4H3,(H,32,33)/b8-6-,14-7+/t12-,13+/m0/s1. The zero-order valence-electron chi connectivity index (χ0n) is 18.5. The van der Waals surface area contributed by atoms with E-state index < -0.39 is 23.5 Å². The van der Waals surface area contributed by atoms with Crippen LogP contribution in [-0.4, -0.2) is 89.1 Å². The molecule has 0 aromatic carbocycles. The second kappa shape index (κ2) is 10.0. The van der Waals surface area contributed by atoms with E-state index >= 15 is 0 Å². The molecule has 12 heteroatoms. The monoisotopic (exact) mass is 473 g/mol. The third kappa shape index (κ3) is 4.99. The van der Waals surface area contributed by atoms with E-state index in [4.69, 9.17) is 16.7 Å². The van der Waals surface area contributed by atoms with Crippen molar-refractivity contribution in [2.75, 3.05) is 19.6 Å². The van der Waals surface area contributed by atoms with E-state index in [2.05, 4.69) is 31.8 Å².